The predicted octanol–water partition coefficient (Wildman–Crippen LogP) is 7.22. The number of rotatable bonds is 2. The molecule has 0 radical (unpaired) electrons. The summed E-state index contributed by atoms with van der Waals surface area (Å²) < 4.78 is 0. The molecular formula is C26H32N2. The van der Waals surface area contributed by atoms with Gasteiger partial charge in [-0.1, -0.05) is 56.2 Å². The van der Waals surface area contributed by atoms with Crippen LogP contribution in [0.1, 0.15) is 55.9 Å². The van der Waals surface area contributed by atoms with Crippen molar-refractivity contribution < 1.29 is 0 Å². The summed E-state index contributed by atoms with van der Waals surface area (Å²) in [5.41, 5.74) is 9.89. The van der Waals surface area contributed by atoms with Gasteiger partial charge in [0.05, 0.1) is 22.8 Å². The average molecular weight is 373 g/mol. The standard InChI is InChI=1S/C26H32N2/c1-16-8-10-21(18(3)14-16)27-23-20-12-13-26(7,25(20,5)6)24(23)28-22-11-9-17(2)15-19(22)4/h8-11,14-15,20H,12-13H2,1-7H3/t20-,26-/m0/s1. The normalized spacial score (nSPS) is 28.5. The van der Waals surface area contributed by atoms with E-state index < -0.39 is 0 Å². The topological polar surface area (TPSA) is 24.7 Å². The SMILES string of the molecule is Cc1ccc(N=C2C(=Nc3ccc(C)cc3C)[C@]3(C)CC[C@@H]2C3(C)C)c(C)c1. The number of hydrogen-bond acceptors (Lipinski definition) is 2. The van der Waals surface area contributed by atoms with E-state index in [9.17, 15) is 0 Å². The second-order valence-electron chi connectivity index (χ2n) is 9.68. The van der Waals surface area contributed by atoms with Crippen LogP contribution in [0.5, 0.6) is 0 Å². The van der Waals surface area contributed by atoms with Gasteiger partial charge in [-0.2, -0.15) is 0 Å². The van der Waals surface area contributed by atoms with Crippen LogP contribution in [0.15, 0.2) is 46.4 Å². The first-order valence-electron chi connectivity index (χ1n) is 10.5. The molecular weight excluding hydrogens is 340 g/mol. The van der Waals surface area contributed by atoms with Crippen LogP contribution < -0.4 is 0 Å². The average Bonchev–Trinajstić information content (AvgIpc) is 2.92. The van der Waals surface area contributed by atoms with Crippen molar-refractivity contribution in [3.05, 3.63) is 58.7 Å². The second kappa shape index (κ2) is 6.40. The van der Waals surface area contributed by atoms with E-state index >= 15 is 0 Å². The molecule has 146 valence electrons. The largest absolute Gasteiger partial charge is 0.251 e. The minimum atomic E-state index is 0.0758. The maximum atomic E-state index is 5.26. The molecule has 0 amide bonds. The van der Waals surface area contributed by atoms with E-state index in [0.717, 1.165) is 11.4 Å². The molecule has 2 aromatic carbocycles. The molecule has 0 N–H and O–H groups in total. The van der Waals surface area contributed by atoms with E-state index in [1.165, 1.54) is 46.5 Å². The summed E-state index contributed by atoms with van der Waals surface area (Å²) in [5, 5.41) is 0. The van der Waals surface area contributed by atoms with Gasteiger partial charge in [-0.15, -0.1) is 0 Å². The van der Waals surface area contributed by atoms with Gasteiger partial charge in [0.2, 0.25) is 0 Å². The Morgan fingerprint density at radius 3 is 1.86 bits per heavy atom. The molecule has 0 saturated heterocycles. The summed E-state index contributed by atoms with van der Waals surface area (Å²) >= 11 is 0. The maximum Gasteiger partial charge on any atom is 0.0693 e. The Balaban J connectivity index is 1.90. The highest BCUT2D eigenvalue weighted by molar-refractivity contribution is 6.48. The van der Waals surface area contributed by atoms with Crippen molar-refractivity contribution >= 4 is 22.8 Å². The molecule has 2 aliphatic carbocycles. The van der Waals surface area contributed by atoms with Crippen molar-refractivity contribution in [1.29, 1.82) is 0 Å². The van der Waals surface area contributed by atoms with E-state index in [4.69, 9.17) is 9.98 Å². The van der Waals surface area contributed by atoms with Gasteiger partial charge < -0.3 is 0 Å². The zero-order valence-electron chi connectivity index (χ0n) is 18.4. The summed E-state index contributed by atoms with van der Waals surface area (Å²) in [5.74, 6) is 0.475. The quantitative estimate of drug-likeness (QED) is 0.531. The van der Waals surface area contributed by atoms with Gasteiger partial charge in [0.25, 0.3) is 0 Å². The smallest absolute Gasteiger partial charge is 0.0693 e. The highest BCUT2D eigenvalue weighted by atomic mass is 14.9. The number of hydrogen-bond donors (Lipinski definition) is 0. The molecule has 2 saturated carbocycles. The highest BCUT2D eigenvalue weighted by Crippen LogP contribution is 2.63. The zero-order valence-corrected chi connectivity index (χ0v) is 18.4. The molecule has 2 nitrogen and oxygen atoms in total. The monoisotopic (exact) mass is 372 g/mol. The lowest BCUT2D eigenvalue weighted by Crippen LogP contribution is -2.33. The molecule has 2 aromatic rings. The Labute approximate surface area is 169 Å². The van der Waals surface area contributed by atoms with Crippen molar-refractivity contribution in [2.24, 2.45) is 26.7 Å². The fourth-order valence-corrected chi connectivity index (χ4v) is 5.27. The van der Waals surface area contributed by atoms with E-state index in [2.05, 4.69) is 84.9 Å². The van der Waals surface area contributed by atoms with Crippen LogP contribution in [0.4, 0.5) is 11.4 Å². The van der Waals surface area contributed by atoms with Gasteiger partial charge in [-0.05, 0) is 69.2 Å². The van der Waals surface area contributed by atoms with Crippen molar-refractivity contribution in [3.63, 3.8) is 0 Å². The molecule has 2 aliphatic rings. The van der Waals surface area contributed by atoms with Gasteiger partial charge >= 0.3 is 0 Å². The van der Waals surface area contributed by atoms with E-state index in [-0.39, 0.29) is 10.8 Å². The van der Waals surface area contributed by atoms with E-state index in [1.54, 1.807) is 0 Å². The van der Waals surface area contributed by atoms with Crippen LogP contribution in [-0.4, -0.2) is 11.4 Å². The molecule has 0 aromatic heterocycles. The van der Waals surface area contributed by atoms with Crippen LogP contribution in [0.3, 0.4) is 0 Å². The van der Waals surface area contributed by atoms with Crippen LogP contribution in [-0.2, 0) is 0 Å². The van der Waals surface area contributed by atoms with Crippen LogP contribution >= 0.6 is 0 Å². The lowest BCUT2D eigenvalue weighted by Gasteiger charge is -2.33. The number of nitrogens with zero attached hydrogens (tertiary/aromatic N) is 2. The van der Waals surface area contributed by atoms with Gasteiger partial charge in [-0.25, -0.2) is 0 Å². The number of fused-ring (bicyclic) bond motifs is 2. The lowest BCUT2D eigenvalue weighted by atomic mass is 9.70. The Morgan fingerprint density at radius 2 is 1.32 bits per heavy atom. The first-order chi connectivity index (χ1) is 13.1. The van der Waals surface area contributed by atoms with Crippen molar-refractivity contribution in [3.8, 4) is 0 Å². The Bertz CT molecular complexity index is 1010. The number of aliphatic imine (C=N–C) groups is 2. The van der Waals surface area contributed by atoms with Crippen LogP contribution in [0.25, 0.3) is 0 Å². The third-order valence-corrected chi connectivity index (χ3v) is 7.50. The Morgan fingerprint density at radius 1 is 0.786 bits per heavy atom. The summed E-state index contributed by atoms with van der Waals surface area (Å²) in [6, 6.07) is 13.1. The summed E-state index contributed by atoms with van der Waals surface area (Å²) in [4.78, 5) is 10.5. The molecule has 2 heteroatoms. The van der Waals surface area contributed by atoms with Gasteiger partial charge in [0.1, 0.15) is 0 Å². The fourth-order valence-electron chi connectivity index (χ4n) is 5.27. The van der Waals surface area contributed by atoms with Crippen molar-refractivity contribution in [2.45, 2.75) is 61.3 Å². The van der Waals surface area contributed by atoms with Gasteiger partial charge in [0.15, 0.2) is 0 Å². The highest BCUT2D eigenvalue weighted by Gasteiger charge is 2.63. The van der Waals surface area contributed by atoms with Crippen molar-refractivity contribution in [2.75, 3.05) is 0 Å². The van der Waals surface area contributed by atoms with Crippen LogP contribution in [0, 0.1) is 44.4 Å². The summed E-state index contributed by atoms with van der Waals surface area (Å²) in [7, 11) is 0. The van der Waals surface area contributed by atoms with Crippen LogP contribution in [0.2, 0.25) is 0 Å². The molecule has 0 aliphatic heterocycles. The molecule has 4 rings (SSSR count). The second-order valence-corrected chi connectivity index (χ2v) is 9.68. The first kappa shape index (κ1) is 19.1. The summed E-state index contributed by atoms with van der Waals surface area (Å²) in [6.07, 6.45) is 2.40. The lowest BCUT2D eigenvalue weighted by molar-refractivity contribution is 0.208. The predicted molar refractivity (Wildman–Crippen MR) is 121 cm³/mol. The number of benzene rings is 2. The van der Waals surface area contributed by atoms with Gasteiger partial charge in [0, 0.05) is 11.3 Å². The number of aryl methyl sites for hydroxylation is 4. The van der Waals surface area contributed by atoms with E-state index in [0.29, 0.717) is 5.92 Å². The minimum Gasteiger partial charge on any atom is -0.251 e. The zero-order chi connectivity index (χ0) is 20.3. The Hall–Kier alpha value is -2.22. The molecule has 0 unspecified atom stereocenters. The molecule has 2 bridgehead atoms. The molecule has 28 heavy (non-hydrogen) atoms. The fraction of sp³-hybridized carbons (Fsp3) is 0.462. The first-order valence-corrected chi connectivity index (χ1v) is 10.5. The molecule has 2 fully saturated rings. The Kier molecular flexibility index (Phi) is 4.37. The maximum absolute atomic E-state index is 5.26. The van der Waals surface area contributed by atoms with E-state index in [1.807, 2.05) is 0 Å². The third kappa shape index (κ3) is 2.77. The minimum absolute atomic E-state index is 0.0758. The molecule has 0 heterocycles. The van der Waals surface area contributed by atoms with Gasteiger partial charge in [-0.3, -0.25) is 9.98 Å². The third-order valence-electron chi connectivity index (χ3n) is 7.50. The van der Waals surface area contributed by atoms with Crippen molar-refractivity contribution in [1.82, 2.24) is 0 Å². The molecule has 2 atom stereocenters. The molecule has 0 spiro atoms. The summed E-state index contributed by atoms with van der Waals surface area (Å²) in [6.45, 7) is 15.8.